The first-order valence-corrected chi connectivity index (χ1v) is 7.51. The molecule has 0 rings (SSSR count). The quantitative estimate of drug-likeness (QED) is 0.643. The molecule has 7 heteroatoms. The number of rotatable bonds is 7. The Morgan fingerprint density at radius 2 is 1.50 bits per heavy atom. The van der Waals surface area contributed by atoms with Crippen LogP contribution in [0, 0.1) is 0 Å². The van der Waals surface area contributed by atoms with Gasteiger partial charge in [-0.15, -0.1) is 0 Å². The number of hydrogen-bond acceptors (Lipinski definition) is 5. The third kappa shape index (κ3) is 3.13. The Balaban J connectivity index is 4.73. The first-order chi connectivity index (χ1) is 6.51. The van der Waals surface area contributed by atoms with E-state index in [1.54, 1.807) is 0 Å². The predicted molar refractivity (Wildman–Crippen MR) is 56.2 cm³/mol. The lowest BCUT2D eigenvalue weighted by Crippen LogP contribution is -2.54. The van der Waals surface area contributed by atoms with Crippen molar-refractivity contribution in [3.63, 3.8) is 0 Å². The van der Waals surface area contributed by atoms with Crippen LogP contribution in [0.4, 0.5) is 0 Å². The van der Waals surface area contributed by atoms with Crippen molar-refractivity contribution >= 4 is 17.6 Å². The van der Waals surface area contributed by atoms with E-state index in [0.29, 0.717) is 0 Å². The Hall–Kier alpha value is -0.286. The van der Waals surface area contributed by atoms with Crippen molar-refractivity contribution in [2.75, 3.05) is 21.3 Å². The lowest BCUT2D eigenvalue weighted by atomic mass is 11.3. The Labute approximate surface area is 86.3 Å². The molecule has 0 aromatic rings. The summed E-state index contributed by atoms with van der Waals surface area (Å²) < 4.78 is 20.2. The van der Waals surface area contributed by atoms with E-state index in [-0.39, 0.29) is 0 Å². The molecule has 0 aliphatic carbocycles. The molecular weight excluding hydrogens is 220 g/mol. The van der Waals surface area contributed by atoms with Crippen molar-refractivity contribution in [3.8, 4) is 0 Å². The third-order valence-corrected chi connectivity index (χ3v) is 6.70. The highest BCUT2D eigenvalue weighted by Crippen LogP contribution is 2.15. The molecule has 82 valence electrons. The summed E-state index contributed by atoms with van der Waals surface area (Å²) in [6.45, 7) is 6.96. The van der Waals surface area contributed by atoms with E-state index < -0.39 is 17.6 Å². The standard InChI is InChI=1S/C7H16O5Si2/c1-6-13(8,9-3)12-14(7-2,10-4)11-5/h6-8H,1-2H2,3-5H3. The van der Waals surface area contributed by atoms with Crippen molar-refractivity contribution in [1.29, 1.82) is 0 Å². The van der Waals surface area contributed by atoms with Gasteiger partial charge in [-0.1, -0.05) is 13.2 Å². The van der Waals surface area contributed by atoms with Crippen LogP contribution in [-0.4, -0.2) is 43.7 Å². The molecule has 0 radical (unpaired) electrons. The molecule has 0 spiro atoms. The fraction of sp³-hybridized carbons (Fsp3) is 0.429. The van der Waals surface area contributed by atoms with Crippen LogP contribution in [0.2, 0.25) is 0 Å². The maximum absolute atomic E-state index is 9.76. The lowest BCUT2D eigenvalue weighted by Gasteiger charge is -2.29. The van der Waals surface area contributed by atoms with Crippen molar-refractivity contribution in [2.24, 2.45) is 0 Å². The number of hydrogen-bond donors (Lipinski definition) is 1. The van der Waals surface area contributed by atoms with E-state index in [0.717, 1.165) is 0 Å². The Morgan fingerprint density at radius 3 is 1.71 bits per heavy atom. The summed E-state index contributed by atoms with van der Waals surface area (Å²) in [5, 5.41) is 0. The first-order valence-electron chi connectivity index (χ1n) is 3.86. The molecule has 1 atom stereocenters. The van der Waals surface area contributed by atoms with Crippen LogP contribution in [-0.2, 0) is 17.4 Å². The summed E-state index contributed by atoms with van der Waals surface area (Å²) in [6.07, 6.45) is 0. The Bertz CT molecular complexity index is 206. The molecule has 0 amide bonds. The average molecular weight is 236 g/mol. The van der Waals surface area contributed by atoms with Crippen LogP contribution in [0.25, 0.3) is 0 Å². The molecule has 0 aromatic carbocycles. The summed E-state index contributed by atoms with van der Waals surface area (Å²) in [4.78, 5) is 9.76. The monoisotopic (exact) mass is 236 g/mol. The van der Waals surface area contributed by atoms with Gasteiger partial charge in [0.2, 0.25) is 0 Å². The van der Waals surface area contributed by atoms with Crippen LogP contribution < -0.4 is 0 Å². The molecule has 1 unspecified atom stereocenters. The third-order valence-electron chi connectivity index (χ3n) is 1.66. The normalized spacial score (nSPS) is 16.0. The highest BCUT2D eigenvalue weighted by Gasteiger charge is 2.47. The van der Waals surface area contributed by atoms with Gasteiger partial charge in [-0.2, -0.15) is 0 Å². The topological polar surface area (TPSA) is 57.2 Å². The predicted octanol–water partition coefficient (Wildman–Crippen LogP) is 0.263. The molecule has 0 bridgehead atoms. The fourth-order valence-electron chi connectivity index (χ4n) is 0.745. The van der Waals surface area contributed by atoms with Crippen molar-refractivity contribution in [2.45, 2.75) is 0 Å². The second kappa shape index (κ2) is 5.56. The summed E-state index contributed by atoms with van der Waals surface area (Å²) in [7, 11) is -2.23. The highest BCUT2D eigenvalue weighted by molar-refractivity contribution is 6.79. The maximum atomic E-state index is 9.76. The SMILES string of the molecule is C=C[Si](O)(OC)O[Si](C=C)(OC)OC. The molecule has 0 heterocycles. The van der Waals surface area contributed by atoms with Gasteiger partial charge in [-0.3, -0.25) is 0 Å². The summed E-state index contributed by atoms with van der Waals surface area (Å²) in [5.41, 5.74) is 2.64. The zero-order chi connectivity index (χ0) is 11.2. The lowest BCUT2D eigenvalue weighted by molar-refractivity contribution is 0.119. The second-order valence-corrected chi connectivity index (χ2v) is 7.68. The van der Waals surface area contributed by atoms with Gasteiger partial charge in [0.25, 0.3) is 0 Å². The van der Waals surface area contributed by atoms with Crippen molar-refractivity contribution in [3.05, 3.63) is 24.6 Å². The maximum Gasteiger partial charge on any atom is 0.521 e. The summed E-state index contributed by atoms with van der Waals surface area (Å²) in [5.74, 6) is 0. The van der Waals surface area contributed by atoms with Gasteiger partial charge < -0.3 is 22.2 Å². The van der Waals surface area contributed by atoms with Gasteiger partial charge in [-0.05, 0) is 11.4 Å². The Kier molecular flexibility index (Phi) is 5.45. The van der Waals surface area contributed by atoms with Crippen LogP contribution in [0.5, 0.6) is 0 Å². The molecule has 0 fully saturated rings. The second-order valence-electron chi connectivity index (χ2n) is 2.36. The van der Waals surface area contributed by atoms with E-state index in [1.165, 1.54) is 32.7 Å². The first kappa shape index (κ1) is 13.7. The van der Waals surface area contributed by atoms with Crippen LogP contribution >= 0.6 is 0 Å². The van der Waals surface area contributed by atoms with Crippen LogP contribution in [0.1, 0.15) is 0 Å². The molecule has 0 aliphatic heterocycles. The average Bonchev–Trinajstić information content (AvgIpc) is 2.26. The van der Waals surface area contributed by atoms with Gasteiger partial charge in [0.05, 0.1) is 0 Å². The molecule has 0 aliphatic rings. The molecule has 5 nitrogen and oxygen atoms in total. The minimum atomic E-state index is -3.39. The van der Waals surface area contributed by atoms with Crippen LogP contribution in [0.3, 0.4) is 0 Å². The van der Waals surface area contributed by atoms with E-state index in [1.807, 2.05) is 0 Å². The van der Waals surface area contributed by atoms with Crippen molar-refractivity contribution < 1.29 is 22.2 Å². The largest absolute Gasteiger partial charge is 0.521 e. The minimum absolute atomic E-state index is 1.23. The zero-order valence-electron chi connectivity index (χ0n) is 8.65. The van der Waals surface area contributed by atoms with E-state index in [2.05, 4.69) is 13.2 Å². The minimum Gasteiger partial charge on any atom is -0.387 e. The molecule has 0 saturated carbocycles. The van der Waals surface area contributed by atoms with Gasteiger partial charge in [0.15, 0.2) is 0 Å². The highest BCUT2D eigenvalue weighted by atomic mass is 28.5. The smallest absolute Gasteiger partial charge is 0.387 e. The van der Waals surface area contributed by atoms with E-state index >= 15 is 0 Å². The van der Waals surface area contributed by atoms with E-state index in [9.17, 15) is 4.80 Å². The van der Waals surface area contributed by atoms with Crippen molar-refractivity contribution in [1.82, 2.24) is 0 Å². The summed E-state index contributed by atoms with van der Waals surface area (Å²) in [6, 6.07) is 0. The van der Waals surface area contributed by atoms with Gasteiger partial charge in [-0.25, -0.2) is 0 Å². The molecule has 0 aromatic heterocycles. The molecule has 14 heavy (non-hydrogen) atoms. The Morgan fingerprint density at radius 1 is 1.00 bits per heavy atom. The molecular formula is C7H16O5Si2. The van der Waals surface area contributed by atoms with Gasteiger partial charge >= 0.3 is 17.6 Å². The summed E-state index contributed by atoms with van der Waals surface area (Å²) >= 11 is 0. The van der Waals surface area contributed by atoms with Gasteiger partial charge in [0, 0.05) is 21.3 Å². The molecule has 0 saturated heterocycles. The fourth-order valence-corrected chi connectivity index (χ4v) is 4.71. The van der Waals surface area contributed by atoms with Crippen LogP contribution in [0.15, 0.2) is 24.6 Å². The molecule has 1 N–H and O–H groups in total. The van der Waals surface area contributed by atoms with Gasteiger partial charge in [0.1, 0.15) is 0 Å². The zero-order valence-corrected chi connectivity index (χ0v) is 10.6. The van der Waals surface area contributed by atoms with E-state index in [4.69, 9.17) is 17.4 Å².